The van der Waals surface area contributed by atoms with Crippen molar-refractivity contribution < 1.29 is 0 Å². The number of hydrogen-bond acceptors (Lipinski definition) is 0. The summed E-state index contributed by atoms with van der Waals surface area (Å²) in [7, 11) is 0. The average Bonchev–Trinajstić information content (AvgIpc) is 1.56. The Hall–Kier alpha value is -11.5. The molecule has 17 aromatic rings. The molecule has 0 N–H and O–H groups in total. The first kappa shape index (κ1) is 51.4. The van der Waals surface area contributed by atoms with Gasteiger partial charge in [0.2, 0.25) is 0 Å². The first-order valence-corrected chi connectivity index (χ1v) is 32.5. The van der Waals surface area contributed by atoms with Crippen molar-refractivity contribution in [1.82, 2.24) is 18.3 Å². The highest BCUT2D eigenvalue weighted by Gasteiger charge is 2.40. The third-order valence-electron chi connectivity index (χ3n) is 20.8. The normalized spacial score (nSPS) is 14.1. The van der Waals surface area contributed by atoms with Crippen LogP contribution in [-0.2, 0) is 11.8 Å². The zero-order valence-electron chi connectivity index (χ0n) is 51.1. The Kier molecular flexibility index (Phi) is 10.8. The van der Waals surface area contributed by atoms with E-state index in [4.69, 9.17) is 0 Å². The maximum Gasteiger partial charge on any atom is 0.0588 e. The van der Waals surface area contributed by atoms with Gasteiger partial charge in [-0.2, -0.15) is 0 Å². The van der Waals surface area contributed by atoms with Crippen molar-refractivity contribution in [2.45, 2.75) is 38.5 Å². The van der Waals surface area contributed by atoms with Crippen molar-refractivity contribution >= 4 is 92.8 Å². The van der Waals surface area contributed by atoms with E-state index >= 15 is 0 Å². The predicted molar refractivity (Wildman–Crippen MR) is 387 cm³/mol. The molecule has 0 atom stereocenters. The third-order valence-corrected chi connectivity index (χ3v) is 20.8. The summed E-state index contributed by atoms with van der Waals surface area (Å²) in [5.74, 6) is 0. The molecule has 21 rings (SSSR count). The van der Waals surface area contributed by atoms with E-state index in [9.17, 15) is 0 Å². The minimum absolute atomic E-state index is 0.130. The molecule has 92 heavy (non-hydrogen) atoms. The van der Waals surface area contributed by atoms with E-state index in [1.165, 1.54) is 171 Å². The molecule has 4 heteroatoms. The molecule has 4 aliphatic carbocycles. The van der Waals surface area contributed by atoms with Gasteiger partial charge in [-0.25, -0.2) is 0 Å². The minimum atomic E-state index is -0.130. The molecule has 13 aromatic carbocycles. The average molecular weight is 1170 g/mol. The number of para-hydroxylation sites is 3. The monoisotopic (exact) mass is 1170 g/mol. The fourth-order valence-electron chi connectivity index (χ4n) is 16.7. The highest BCUT2D eigenvalue weighted by Crippen LogP contribution is 2.54. The Bertz CT molecular complexity index is 6000. The highest BCUT2D eigenvalue weighted by atomic mass is 15.0. The van der Waals surface area contributed by atoms with Crippen molar-refractivity contribution in [2.75, 3.05) is 0 Å². The summed E-state index contributed by atoms with van der Waals surface area (Å²) in [5, 5.41) is 9.92. The van der Waals surface area contributed by atoms with Gasteiger partial charge in [-0.05, 0) is 218 Å². The molecular formula is C88H60N4. The van der Waals surface area contributed by atoms with Gasteiger partial charge in [0.15, 0.2) is 0 Å². The molecule has 432 valence electrons. The molecule has 0 fully saturated rings. The summed E-state index contributed by atoms with van der Waals surface area (Å²) in [6, 6.07) is 105. The summed E-state index contributed by atoms with van der Waals surface area (Å²) >= 11 is 0. The van der Waals surface area contributed by atoms with E-state index in [0.29, 0.717) is 0 Å². The molecule has 0 amide bonds. The summed E-state index contributed by atoms with van der Waals surface area (Å²) in [5.41, 5.74) is 32.3. The van der Waals surface area contributed by atoms with Crippen LogP contribution in [0.25, 0.3) is 160 Å². The number of aromatic nitrogens is 4. The van der Waals surface area contributed by atoms with Gasteiger partial charge in [0.05, 0.1) is 44.1 Å². The lowest BCUT2D eigenvalue weighted by Gasteiger charge is -2.25. The lowest BCUT2D eigenvalue weighted by molar-refractivity contribution is 0.655. The first-order valence-electron chi connectivity index (χ1n) is 32.5. The van der Waals surface area contributed by atoms with Gasteiger partial charge < -0.3 is 18.3 Å². The molecule has 4 heterocycles. The molecule has 2 bridgehead atoms. The number of fused-ring (bicyclic) bond motifs is 17. The van der Waals surface area contributed by atoms with Crippen LogP contribution < -0.4 is 0 Å². The first-order chi connectivity index (χ1) is 45.3. The predicted octanol–water partition coefficient (Wildman–Crippen LogP) is 23.0. The quantitative estimate of drug-likeness (QED) is 0.144. The Balaban J connectivity index is 0.799. The fourth-order valence-corrected chi connectivity index (χ4v) is 16.7. The lowest BCUT2D eigenvalue weighted by Crippen LogP contribution is -2.18. The Morgan fingerprint density at radius 3 is 1.27 bits per heavy atom. The van der Waals surface area contributed by atoms with E-state index in [2.05, 4.69) is 323 Å². The fraction of sp³-hybridized carbons (Fsp3) is 0.0682. The third kappa shape index (κ3) is 7.46. The number of hydrogen-bond donors (Lipinski definition) is 0. The molecule has 4 aromatic heterocycles. The number of rotatable bonds is 8. The standard InChI is InChI=1S/C88H60N4/c1-88(2)78-29-17-15-27-68(78)70-35-36-71-72-48-58(34-40-83(72)92(87(71)86(70)88)65-25-13-6-14-26-65)59-31-37-80-73(49-59)74-50-60(32-38-81(74)90(80)66-43-54-41-55(42-54)44-66)61-33-39-82-75(51-61)77-53-84-76(69-28-16-18-30-79(69)89(84)64-23-11-5-12-24-64)52-85(77)91(82)67-46-62(56-19-7-3-8-20-56)45-63(47-67)57-21-9-4-10-22-57/h3-14,16-26,28-41,43-53H,15,27,42H2,1-2H3. The molecule has 0 radical (unpaired) electrons. The molecular weight excluding hydrogens is 1110 g/mol. The second-order valence-electron chi connectivity index (χ2n) is 26.4. The van der Waals surface area contributed by atoms with Crippen molar-refractivity contribution in [1.29, 1.82) is 0 Å². The minimum Gasteiger partial charge on any atom is -0.309 e. The van der Waals surface area contributed by atoms with E-state index in [0.717, 1.165) is 36.2 Å². The van der Waals surface area contributed by atoms with Crippen LogP contribution in [0.4, 0.5) is 0 Å². The van der Waals surface area contributed by atoms with E-state index in [-0.39, 0.29) is 5.41 Å². The number of benzene rings is 13. The maximum absolute atomic E-state index is 2.55. The van der Waals surface area contributed by atoms with Gasteiger partial charge in [0.1, 0.15) is 0 Å². The van der Waals surface area contributed by atoms with Crippen molar-refractivity contribution in [3.63, 3.8) is 0 Å². The summed E-state index contributed by atoms with van der Waals surface area (Å²) in [6.07, 6.45) is 8.00. The maximum atomic E-state index is 2.55. The van der Waals surface area contributed by atoms with Gasteiger partial charge in [-0.3, -0.25) is 0 Å². The summed E-state index contributed by atoms with van der Waals surface area (Å²) < 4.78 is 10.0. The molecule has 4 aliphatic rings. The second-order valence-corrected chi connectivity index (χ2v) is 26.4. The van der Waals surface area contributed by atoms with Gasteiger partial charge in [-0.15, -0.1) is 0 Å². The van der Waals surface area contributed by atoms with Gasteiger partial charge in [-0.1, -0.05) is 184 Å². The zero-order chi connectivity index (χ0) is 60.5. The van der Waals surface area contributed by atoms with Crippen molar-refractivity contribution in [3.05, 3.63) is 319 Å². The van der Waals surface area contributed by atoms with Crippen LogP contribution in [0.2, 0.25) is 0 Å². The van der Waals surface area contributed by atoms with Crippen LogP contribution in [0.3, 0.4) is 0 Å². The smallest absolute Gasteiger partial charge is 0.0588 e. The van der Waals surface area contributed by atoms with Crippen LogP contribution in [0.15, 0.2) is 297 Å². The number of nitrogens with zero attached hydrogens (tertiary/aromatic N) is 4. The zero-order valence-corrected chi connectivity index (χ0v) is 51.1. The SMILES string of the molecule is CC1(C)C2=C(CCC=C2)c2ccc3c4cc(-c5ccc6c(c5)c5cc(-c7ccc8c(c7)c7cc9c(cc7n8-c7cc(-c8ccccc8)cc(-c8ccccc8)c7)c7ccccc7n9-c7ccccc7)ccc5n6-c5cc6cc(c5)C6)ccc4n(-c4ccccc4)c3c21. The van der Waals surface area contributed by atoms with Crippen molar-refractivity contribution in [3.8, 4) is 67.3 Å². The van der Waals surface area contributed by atoms with Crippen LogP contribution in [0.1, 0.15) is 48.9 Å². The lowest BCUT2D eigenvalue weighted by atomic mass is 9.79. The Labute approximate surface area is 532 Å². The largest absolute Gasteiger partial charge is 0.309 e. The molecule has 0 unspecified atom stereocenters. The molecule has 0 saturated heterocycles. The number of allylic oxidation sites excluding steroid dienone is 4. The van der Waals surface area contributed by atoms with E-state index in [1.807, 2.05) is 0 Å². The van der Waals surface area contributed by atoms with E-state index in [1.54, 1.807) is 0 Å². The van der Waals surface area contributed by atoms with Gasteiger partial charge in [0.25, 0.3) is 0 Å². The van der Waals surface area contributed by atoms with Crippen LogP contribution in [0.5, 0.6) is 0 Å². The van der Waals surface area contributed by atoms with E-state index < -0.39 is 0 Å². The Morgan fingerprint density at radius 1 is 0.293 bits per heavy atom. The van der Waals surface area contributed by atoms with Crippen molar-refractivity contribution in [2.24, 2.45) is 0 Å². The van der Waals surface area contributed by atoms with Crippen LogP contribution in [-0.4, -0.2) is 18.3 Å². The molecule has 0 saturated carbocycles. The second kappa shape index (κ2) is 19.3. The van der Waals surface area contributed by atoms with Crippen LogP contribution >= 0.6 is 0 Å². The topological polar surface area (TPSA) is 19.7 Å². The molecule has 0 spiro atoms. The summed E-state index contributed by atoms with van der Waals surface area (Å²) in [4.78, 5) is 0. The van der Waals surface area contributed by atoms with Gasteiger partial charge in [0, 0.05) is 71.3 Å². The van der Waals surface area contributed by atoms with Crippen LogP contribution in [0, 0.1) is 0 Å². The highest BCUT2D eigenvalue weighted by molar-refractivity contribution is 6.20. The molecule has 0 aliphatic heterocycles. The molecule has 4 nitrogen and oxygen atoms in total. The Morgan fingerprint density at radius 2 is 0.717 bits per heavy atom. The van der Waals surface area contributed by atoms with Gasteiger partial charge >= 0.3 is 0 Å². The summed E-state index contributed by atoms with van der Waals surface area (Å²) in [6.45, 7) is 4.88.